The van der Waals surface area contributed by atoms with Crippen LogP contribution in [-0.2, 0) is 4.79 Å². The predicted octanol–water partition coefficient (Wildman–Crippen LogP) is 3.01. The lowest BCUT2D eigenvalue weighted by Gasteiger charge is -2.12. The number of rotatable bonds is 7. The number of halogens is 2. The second-order valence-corrected chi connectivity index (χ2v) is 4.90. The minimum absolute atomic E-state index is 0.0926. The van der Waals surface area contributed by atoms with Gasteiger partial charge >= 0.3 is 12.6 Å². The lowest BCUT2D eigenvalue weighted by atomic mass is 10.1. The lowest BCUT2D eigenvalue weighted by Crippen LogP contribution is -2.11. The van der Waals surface area contributed by atoms with E-state index in [1.807, 2.05) is 0 Å². The summed E-state index contributed by atoms with van der Waals surface area (Å²) in [4.78, 5) is 23.0. The van der Waals surface area contributed by atoms with Crippen LogP contribution in [0.25, 0.3) is 6.08 Å². The zero-order valence-electron chi connectivity index (χ0n) is 13.6. The molecule has 0 heterocycles. The Morgan fingerprint density at radius 1 is 1.15 bits per heavy atom. The van der Waals surface area contributed by atoms with Crippen molar-refractivity contribution < 1.29 is 32.6 Å². The number of hydrogen-bond donors (Lipinski definition) is 1. The van der Waals surface area contributed by atoms with Crippen LogP contribution < -0.4 is 19.9 Å². The molecule has 2 N–H and O–H groups in total. The zero-order chi connectivity index (χ0) is 19.1. The van der Waals surface area contributed by atoms with E-state index in [0.29, 0.717) is 0 Å². The first-order valence-corrected chi connectivity index (χ1v) is 7.32. The first kappa shape index (κ1) is 18.9. The molecule has 0 unspecified atom stereocenters. The van der Waals surface area contributed by atoms with Crippen LogP contribution in [0, 0.1) is 0 Å². The van der Waals surface area contributed by atoms with Gasteiger partial charge in [0.05, 0.1) is 7.11 Å². The van der Waals surface area contributed by atoms with Gasteiger partial charge in [-0.25, -0.2) is 4.79 Å². The normalized spacial score (nSPS) is 10.8. The van der Waals surface area contributed by atoms with Gasteiger partial charge in [0.15, 0.2) is 11.5 Å². The standard InChI is InChI=1S/C18H15F2NO5/c1-24-14-7-3-4-11(16(14)26-18(19)20)8-9-15(22)25-13-6-2-5-12(10-13)17(21)23/h2-10,18H,1H3,(H2,21,23)/b9-8+. The summed E-state index contributed by atoms with van der Waals surface area (Å²) in [6.45, 7) is -3.05. The fourth-order valence-electron chi connectivity index (χ4n) is 2.06. The molecule has 0 saturated heterocycles. The number of nitrogens with two attached hydrogens (primary N) is 1. The maximum Gasteiger partial charge on any atom is 0.387 e. The summed E-state index contributed by atoms with van der Waals surface area (Å²) in [5, 5.41) is 0. The summed E-state index contributed by atoms with van der Waals surface area (Å²) in [7, 11) is 1.31. The molecule has 1 amide bonds. The Hall–Kier alpha value is -3.42. The van der Waals surface area contributed by atoms with Gasteiger partial charge < -0.3 is 19.9 Å². The first-order chi connectivity index (χ1) is 12.4. The topological polar surface area (TPSA) is 87.9 Å². The molecule has 6 nitrogen and oxygen atoms in total. The van der Waals surface area contributed by atoms with E-state index in [2.05, 4.69) is 4.74 Å². The fraction of sp³-hybridized carbons (Fsp3) is 0.111. The number of carbonyl (C=O) groups is 2. The van der Waals surface area contributed by atoms with E-state index in [1.54, 1.807) is 6.07 Å². The smallest absolute Gasteiger partial charge is 0.387 e. The van der Waals surface area contributed by atoms with Crippen LogP contribution in [-0.4, -0.2) is 25.6 Å². The van der Waals surface area contributed by atoms with Gasteiger partial charge in [-0.3, -0.25) is 4.79 Å². The van der Waals surface area contributed by atoms with Crippen molar-refractivity contribution in [3.63, 3.8) is 0 Å². The van der Waals surface area contributed by atoms with Gasteiger partial charge in [-0.15, -0.1) is 0 Å². The molecule has 0 aliphatic rings. The molecule has 2 rings (SSSR count). The Morgan fingerprint density at radius 2 is 1.88 bits per heavy atom. The van der Waals surface area contributed by atoms with E-state index in [9.17, 15) is 18.4 Å². The molecule has 0 bridgehead atoms. The van der Waals surface area contributed by atoms with Crippen molar-refractivity contribution in [3.05, 3.63) is 59.7 Å². The molecular formula is C18H15F2NO5. The molecule has 0 fully saturated rings. The van der Waals surface area contributed by atoms with E-state index in [4.69, 9.17) is 15.2 Å². The average Bonchev–Trinajstić information content (AvgIpc) is 2.60. The molecule has 136 valence electrons. The minimum atomic E-state index is -3.05. The van der Waals surface area contributed by atoms with E-state index in [-0.39, 0.29) is 28.4 Å². The van der Waals surface area contributed by atoms with Gasteiger partial charge in [0.25, 0.3) is 0 Å². The van der Waals surface area contributed by atoms with Crippen LogP contribution in [0.5, 0.6) is 17.2 Å². The number of methoxy groups -OCH3 is 1. The third kappa shape index (κ3) is 5.04. The predicted molar refractivity (Wildman–Crippen MR) is 89.3 cm³/mol. The summed E-state index contributed by atoms with van der Waals surface area (Å²) in [5.74, 6) is -1.44. The zero-order valence-corrected chi connectivity index (χ0v) is 13.6. The van der Waals surface area contributed by atoms with Gasteiger partial charge in [0.1, 0.15) is 5.75 Å². The highest BCUT2D eigenvalue weighted by Gasteiger charge is 2.14. The summed E-state index contributed by atoms with van der Waals surface area (Å²) >= 11 is 0. The van der Waals surface area contributed by atoms with Crippen molar-refractivity contribution in [2.45, 2.75) is 6.61 Å². The van der Waals surface area contributed by atoms with Crippen molar-refractivity contribution in [3.8, 4) is 17.2 Å². The Balaban J connectivity index is 2.17. The molecule has 0 atom stereocenters. The maximum absolute atomic E-state index is 12.6. The summed E-state index contributed by atoms with van der Waals surface area (Å²) in [6.07, 6.45) is 2.28. The third-order valence-electron chi connectivity index (χ3n) is 3.17. The third-order valence-corrected chi connectivity index (χ3v) is 3.17. The number of alkyl halides is 2. The van der Waals surface area contributed by atoms with Crippen molar-refractivity contribution in [1.29, 1.82) is 0 Å². The summed E-state index contributed by atoms with van der Waals surface area (Å²) in [6, 6.07) is 10.2. The van der Waals surface area contributed by atoms with Crippen molar-refractivity contribution in [1.82, 2.24) is 0 Å². The number of esters is 1. The number of para-hydroxylation sites is 1. The lowest BCUT2D eigenvalue weighted by molar-refractivity contribution is -0.128. The van der Waals surface area contributed by atoms with E-state index in [1.165, 1.54) is 49.6 Å². The quantitative estimate of drug-likeness (QED) is 0.464. The van der Waals surface area contributed by atoms with Crippen LogP contribution in [0.4, 0.5) is 8.78 Å². The molecule has 0 aromatic heterocycles. The maximum atomic E-state index is 12.6. The molecule has 0 radical (unpaired) electrons. The fourth-order valence-corrected chi connectivity index (χ4v) is 2.06. The van der Waals surface area contributed by atoms with Crippen LogP contribution in [0.1, 0.15) is 15.9 Å². The second kappa shape index (κ2) is 8.61. The molecular weight excluding hydrogens is 348 g/mol. The SMILES string of the molecule is COc1cccc(/C=C/C(=O)Oc2cccc(C(N)=O)c2)c1OC(F)F. The van der Waals surface area contributed by atoms with E-state index >= 15 is 0 Å². The Bertz CT molecular complexity index is 836. The van der Waals surface area contributed by atoms with E-state index < -0.39 is 18.5 Å². The number of ether oxygens (including phenoxy) is 3. The van der Waals surface area contributed by atoms with Gasteiger partial charge in [-0.1, -0.05) is 18.2 Å². The molecule has 0 aliphatic heterocycles. The Labute approximate surface area is 147 Å². The largest absolute Gasteiger partial charge is 0.493 e. The highest BCUT2D eigenvalue weighted by molar-refractivity contribution is 5.94. The number of carbonyl (C=O) groups excluding carboxylic acids is 2. The van der Waals surface area contributed by atoms with Crippen LogP contribution >= 0.6 is 0 Å². The first-order valence-electron chi connectivity index (χ1n) is 7.32. The molecule has 0 spiro atoms. The number of amides is 1. The average molecular weight is 363 g/mol. The van der Waals surface area contributed by atoms with Crippen LogP contribution in [0.15, 0.2) is 48.5 Å². The van der Waals surface area contributed by atoms with Crippen molar-refractivity contribution in [2.75, 3.05) is 7.11 Å². The summed E-state index contributed by atoms with van der Waals surface area (Å²) in [5.41, 5.74) is 5.53. The number of primary amides is 1. The Kier molecular flexibility index (Phi) is 6.26. The van der Waals surface area contributed by atoms with Gasteiger partial charge in [-0.2, -0.15) is 8.78 Å². The molecule has 26 heavy (non-hydrogen) atoms. The molecule has 2 aromatic rings. The molecule has 8 heteroatoms. The number of benzene rings is 2. The van der Waals surface area contributed by atoms with Gasteiger partial charge in [0, 0.05) is 17.2 Å². The molecule has 0 saturated carbocycles. The minimum Gasteiger partial charge on any atom is -0.493 e. The Morgan fingerprint density at radius 3 is 2.54 bits per heavy atom. The molecule has 2 aromatic carbocycles. The highest BCUT2D eigenvalue weighted by atomic mass is 19.3. The molecule has 0 aliphatic carbocycles. The van der Waals surface area contributed by atoms with Crippen LogP contribution in [0.2, 0.25) is 0 Å². The van der Waals surface area contributed by atoms with Gasteiger partial charge in [0.2, 0.25) is 5.91 Å². The highest BCUT2D eigenvalue weighted by Crippen LogP contribution is 2.33. The van der Waals surface area contributed by atoms with Crippen LogP contribution in [0.3, 0.4) is 0 Å². The number of hydrogen-bond acceptors (Lipinski definition) is 5. The summed E-state index contributed by atoms with van der Waals surface area (Å²) < 4.78 is 39.6. The van der Waals surface area contributed by atoms with E-state index in [0.717, 1.165) is 6.08 Å². The van der Waals surface area contributed by atoms with Crippen molar-refractivity contribution in [2.24, 2.45) is 5.73 Å². The van der Waals surface area contributed by atoms with Gasteiger partial charge in [-0.05, 0) is 30.3 Å². The monoisotopic (exact) mass is 363 g/mol. The van der Waals surface area contributed by atoms with Crippen molar-refractivity contribution >= 4 is 18.0 Å². The second-order valence-electron chi connectivity index (χ2n) is 4.90.